The number of rotatable bonds is 6. The van der Waals surface area contributed by atoms with E-state index in [1.165, 1.54) is 19.2 Å². The van der Waals surface area contributed by atoms with Crippen LogP contribution in [0.5, 0.6) is 0 Å². The van der Waals surface area contributed by atoms with E-state index in [0.29, 0.717) is 22.9 Å². The van der Waals surface area contributed by atoms with Crippen molar-refractivity contribution in [1.82, 2.24) is 15.3 Å². The van der Waals surface area contributed by atoms with Crippen molar-refractivity contribution < 1.29 is 4.79 Å². The molecule has 0 saturated heterocycles. The number of amides is 1. The summed E-state index contributed by atoms with van der Waals surface area (Å²) in [6.07, 6.45) is 3.75. The number of aromatic nitrogens is 2. The quantitative estimate of drug-likeness (QED) is 0.603. The maximum Gasteiger partial charge on any atom is 0.250 e. The summed E-state index contributed by atoms with van der Waals surface area (Å²) in [5, 5.41) is 7.83. The molecule has 1 amide bonds. The Morgan fingerprint density at radius 3 is 2.60 bits per heavy atom. The molecule has 1 saturated carbocycles. The summed E-state index contributed by atoms with van der Waals surface area (Å²) < 4.78 is 0. The minimum absolute atomic E-state index is 0.0657. The van der Waals surface area contributed by atoms with Crippen LogP contribution in [0.25, 0.3) is 10.9 Å². The van der Waals surface area contributed by atoms with Crippen molar-refractivity contribution in [2.45, 2.75) is 25.0 Å². The predicted molar refractivity (Wildman–Crippen MR) is 97.0 cm³/mol. The van der Waals surface area contributed by atoms with Gasteiger partial charge in [0.1, 0.15) is 18.3 Å². The molecule has 0 bridgehead atoms. The van der Waals surface area contributed by atoms with Gasteiger partial charge in [-0.05, 0) is 30.5 Å². The molecule has 25 heavy (non-hydrogen) atoms. The van der Waals surface area contributed by atoms with Crippen molar-refractivity contribution in [3.63, 3.8) is 0 Å². The maximum absolute atomic E-state index is 11.7. The lowest BCUT2D eigenvalue weighted by molar-refractivity contribution is 0.100. The molecule has 6 nitrogen and oxygen atoms in total. The molecule has 1 atom stereocenters. The highest BCUT2D eigenvalue weighted by molar-refractivity contribution is 6.06. The number of carbonyl (C=O) groups excluding carboxylic acids is 1. The van der Waals surface area contributed by atoms with Crippen LogP contribution in [-0.4, -0.2) is 21.9 Å². The van der Waals surface area contributed by atoms with Crippen LogP contribution in [0.1, 0.15) is 34.9 Å². The number of primary amides is 1. The van der Waals surface area contributed by atoms with Crippen molar-refractivity contribution in [1.29, 1.82) is 0 Å². The second kappa shape index (κ2) is 6.49. The third-order valence-corrected chi connectivity index (χ3v) is 4.32. The van der Waals surface area contributed by atoms with Crippen molar-refractivity contribution >= 4 is 22.6 Å². The molecule has 1 aromatic heterocycles. The number of anilines is 1. The highest BCUT2D eigenvalue weighted by Crippen LogP contribution is 2.28. The minimum atomic E-state index is -0.494. The first-order valence-electron chi connectivity index (χ1n) is 8.33. The summed E-state index contributed by atoms with van der Waals surface area (Å²) in [5.41, 5.74) is 7.55. The van der Waals surface area contributed by atoms with Gasteiger partial charge in [0.25, 0.3) is 5.91 Å². The van der Waals surface area contributed by atoms with E-state index in [9.17, 15) is 4.79 Å². The number of hydrogen-bond acceptors (Lipinski definition) is 5. The van der Waals surface area contributed by atoms with Gasteiger partial charge in [0.05, 0.1) is 11.1 Å². The Kier molecular flexibility index (Phi) is 4.03. The summed E-state index contributed by atoms with van der Waals surface area (Å²) in [6, 6.07) is 16.1. The molecule has 3 aromatic rings. The van der Waals surface area contributed by atoms with Crippen molar-refractivity contribution in [3.05, 3.63) is 66.0 Å². The Hall–Kier alpha value is -2.99. The fourth-order valence-electron chi connectivity index (χ4n) is 2.89. The largest absolute Gasteiger partial charge is 0.366 e. The Labute approximate surface area is 145 Å². The summed E-state index contributed by atoms with van der Waals surface area (Å²) in [5.74, 6) is 0.182. The molecule has 1 heterocycles. The Morgan fingerprint density at radius 1 is 1.08 bits per heavy atom. The van der Waals surface area contributed by atoms with Gasteiger partial charge < -0.3 is 11.1 Å². The van der Waals surface area contributed by atoms with Crippen molar-refractivity contribution in [2.24, 2.45) is 5.73 Å². The lowest BCUT2D eigenvalue weighted by Crippen LogP contribution is -2.30. The van der Waals surface area contributed by atoms with Crippen molar-refractivity contribution in [3.8, 4) is 0 Å². The molecular weight excluding hydrogens is 314 g/mol. The first kappa shape index (κ1) is 15.5. The topological polar surface area (TPSA) is 92.9 Å². The lowest BCUT2D eigenvalue weighted by Gasteiger charge is -2.22. The summed E-state index contributed by atoms with van der Waals surface area (Å²) in [6.45, 7) is 0. The zero-order chi connectivity index (χ0) is 17.2. The molecule has 0 radical (unpaired) electrons. The van der Waals surface area contributed by atoms with Crippen LogP contribution in [0.2, 0.25) is 0 Å². The number of benzene rings is 2. The lowest BCUT2D eigenvalue weighted by atomic mass is 10.1. The van der Waals surface area contributed by atoms with Gasteiger partial charge >= 0.3 is 0 Å². The number of nitrogens with two attached hydrogens (primary N) is 1. The van der Waals surface area contributed by atoms with E-state index in [1.54, 1.807) is 12.1 Å². The molecular formula is C19H19N5O. The molecule has 1 aliphatic carbocycles. The Balaban J connectivity index is 1.73. The fraction of sp³-hybridized carbons (Fsp3) is 0.211. The van der Waals surface area contributed by atoms with E-state index in [1.807, 2.05) is 24.3 Å². The van der Waals surface area contributed by atoms with E-state index in [-0.39, 0.29) is 6.17 Å². The standard InChI is InChI=1S/C19H19N5O/c20-17(25)14-7-4-8-15-16(14)21-11-22-19(15)24-18(23-13-9-10-13)12-5-2-1-3-6-12/h1-8,11,13,18,23H,9-10H2,(H2,20,25)(H,21,22,24). The van der Waals surface area contributed by atoms with Crippen molar-refractivity contribution in [2.75, 3.05) is 5.32 Å². The average Bonchev–Trinajstić information content (AvgIpc) is 3.45. The van der Waals surface area contributed by atoms with Gasteiger partial charge in [-0.1, -0.05) is 36.4 Å². The third-order valence-electron chi connectivity index (χ3n) is 4.32. The summed E-state index contributed by atoms with van der Waals surface area (Å²) in [7, 11) is 0. The molecule has 1 fully saturated rings. The zero-order valence-corrected chi connectivity index (χ0v) is 13.6. The smallest absolute Gasteiger partial charge is 0.250 e. The molecule has 126 valence electrons. The van der Waals surface area contributed by atoms with E-state index >= 15 is 0 Å². The predicted octanol–water partition coefficient (Wildman–Crippen LogP) is 2.59. The van der Waals surface area contributed by atoms with Crippen LogP contribution in [0.15, 0.2) is 54.9 Å². The molecule has 0 aliphatic heterocycles. The zero-order valence-electron chi connectivity index (χ0n) is 13.6. The minimum Gasteiger partial charge on any atom is -0.366 e. The highest BCUT2D eigenvalue weighted by atomic mass is 16.1. The first-order chi connectivity index (χ1) is 12.2. The molecule has 1 unspecified atom stereocenters. The maximum atomic E-state index is 11.7. The number of fused-ring (bicyclic) bond motifs is 1. The second-order valence-corrected chi connectivity index (χ2v) is 6.22. The number of hydrogen-bond donors (Lipinski definition) is 3. The van der Waals surface area contributed by atoms with Gasteiger partial charge in [-0.2, -0.15) is 0 Å². The monoisotopic (exact) mass is 333 g/mol. The van der Waals surface area contributed by atoms with E-state index in [4.69, 9.17) is 5.73 Å². The highest BCUT2D eigenvalue weighted by Gasteiger charge is 2.26. The first-order valence-corrected chi connectivity index (χ1v) is 8.33. The summed E-state index contributed by atoms with van der Waals surface area (Å²) >= 11 is 0. The SMILES string of the molecule is NC(=O)c1cccc2c(NC(NC3CC3)c3ccccc3)ncnc12. The number of nitrogens with one attached hydrogen (secondary N) is 2. The molecule has 2 aromatic carbocycles. The Bertz CT molecular complexity index is 908. The molecule has 4 rings (SSSR count). The Morgan fingerprint density at radius 2 is 1.88 bits per heavy atom. The van der Waals surface area contributed by atoms with Crippen LogP contribution in [-0.2, 0) is 0 Å². The number of para-hydroxylation sites is 1. The van der Waals surface area contributed by atoms with E-state index in [2.05, 4.69) is 32.7 Å². The third kappa shape index (κ3) is 3.29. The van der Waals surface area contributed by atoms with Gasteiger partial charge in [-0.3, -0.25) is 10.1 Å². The van der Waals surface area contributed by atoms with E-state index in [0.717, 1.165) is 10.9 Å². The average molecular weight is 333 g/mol. The molecule has 6 heteroatoms. The second-order valence-electron chi connectivity index (χ2n) is 6.22. The van der Waals surface area contributed by atoms with Crippen LogP contribution < -0.4 is 16.4 Å². The molecule has 0 spiro atoms. The van der Waals surface area contributed by atoms with Crippen LogP contribution in [0.4, 0.5) is 5.82 Å². The van der Waals surface area contributed by atoms with Gasteiger partial charge in [-0.25, -0.2) is 9.97 Å². The number of nitrogens with zero attached hydrogens (tertiary/aromatic N) is 2. The van der Waals surface area contributed by atoms with Gasteiger partial charge in [0, 0.05) is 11.4 Å². The van der Waals surface area contributed by atoms with E-state index < -0.39 is 5.91 Å². The molecule has 1 aliphatic rings. The van der Waals surface area contributed by atoms with Crippen LogP contribution in [0.3, 0.4) is 0 Å². The fourth-order valence-corrected chi connectivity index (χ4v) is 2.89. The normalized spacial score (nSPS) is 15.0. The van der Waals surface area contributed by atoms with Gasteiger partial charge in [0.15, 0.2) is 0 Å². The summed E-state index contributed by atoms with van der Waals surface area (Å²) in [4.78, 5) is 20.3. The van der Waals surface area contributed by atoms with Gasteiger partial charge in [0.2, 0.25) is 0 Å². The van der Waals surface area contributed by atoms with Crippen LogP contribution >= 0.6 is 0 Å². The number of carbonyl (C=O) groups is 1. The molecule has 4 N–H and O–H groups in total. The van der Waals surface area contributed by atoms with Gasteiger partial charge in [-0.15, -0.1) is 0 Å². The van der Waals surface area contributed by atoms with Crippen LogP contribution in [0, 0.1) is 0 Å².